The van der Waals surface area contributed by atoms with E-state index in [1.165, 1.54) is 18.7 Å². The number of fused-ring (bicyclic) bond motifs is 2. The van der Waals surface area contributed by atoms with Crippen LogP contribution < -0.4 is 11.1 Å². The number of nitrogens with two attached hydrogens (primary N) is 1. The number of rotatable bonds is 4. The Morgan fingerprint density at radius 2 is 2.08 bits per heavy atom. The third-order valence-electron chi connectivity index (χ3n) is 5.67. The van der Waals surface area contributed by atoms with Crippen LogP contribution in [0.4, 0.5) is 10.2 Å². The third-order valence-corrected chi connectivity index (χ3v) is 5.67. The van der Waals surface area contributed by atoms with Gasteiger partial charge < -0.3 is 25.3 Å². The van der Waals surface area contributed by atoms with E-state index in [0.717, 1.165) is 6.07 Å². The number of nitriles is 1. The predicted octanol–water partition coefficient (Wildman–Crippen LogP) is 0.790. The zero-order valence-electron chi connectivity index (χ0n) is 19.3. The van der Waals surface area contributed by atoms with Crippen LogP contribution in [0.2, 0.25) is 0 Å². The fourth-order valence-electron chi connectivity index (χ4n) is 4.16. The molecule has 0 spiro atoms. The second-order valence-electron chi connectivity index (χ2n) is 8.58. The molecule has 3 aromatic heterocycles. The molecule has 0 radical (unpaired) electrons. The number of carbonyl (C=O) groups excluding carboxylic acids is 1. The Balaban J connectivity index is 1.27. The Morgan fingerprint density at radius 3 is 2.89 bits per heavy atom. The highest BCUT2D eigenvalue weighted by Gasteiger charge is 2.58. The number of hydrogen-bond donors (Lipinski definition) is 2. The zero-order chi connectivity index (χ0) is 25.4. The molecule has 0 bridgehead atoms. The largest absolute Gasteiger partial charge is 0.382 e. The molecule has 0 aromatic carbocycles. The van der Waals surface area contributed by atoms with Gasteiger partial charge in [0.25, 0.3) is 5.91 Å². The number of amides is 1. The monoisotopic (exact) mass is 492 g/mol. The van der Waals surface area contributed by atoms with Gasteiger partial charge in [0.15, 0.2) is 41.1 Å². The summed E-state index contributed by atoms with van der Waals surface area (Å²) in [6.45, 7) is 3.75. The number of halogens is 1. The maximum absolute atomic E-state index is 13.4. The van der Waals surface area contributed by atoms with Gasteiger partial charge in [-0.15, -0.1) is 0 Å². The number of nitrogens with zero attached hydrogens (tertiary/aromatic N) is 6. The van der Waals surface area contributed by atoms with Crippen LogP contribution in [0.5, 0.6) is 0 Å². The number of anilines is 1. The predicted molar refractivity (Wildman–Crippen MR) is 121 cm³/mol. The normalized spacial score (nSPS) is 24.1. The van der Waals surface area contributed by atoms with E-state index in [2.05, 4.69) is 37.1 Å². The lowest BCUT2D eigenvalue weighted by atomic mass is 10.1. The molecular weight excluding hydrogens is 471 g/mol. The summed E-state index contributed by atoms with van der Waals surface area (Å²) in [4.78, 5) is 29.3. The average Bonchev–Trinajstić information content (AvgIpc) is 3.51. The van der Waals surface area contributed by atoms with Gasteiger partial charge in [0.2, 0.25) is 0 Å². The Hall–Kier alpha value is -4.17. The van der Waals surface area contributed by atoms with Gasteiger partial charge in [-0.2, -0.15) is 5.26 Å². The first-order valence-corrected chi connectivity index (χ1v) is 11.0. The molecule has 1 unspecified atom stereocenters. The first kappa shape index (κ1) is 23.6. The fraction of sp³-hybridized carbons (Fsp3) is 0.391. The molecule has 2 fully saturated rings. The standard InChI is InChI=1S/C23H21FN8O4/c1-23(2)35-16-17(21(33)27-8-4-3-5-12-6-7-13(24)14(9-25)31-12)34-22(18(16)36-23)32-11-30-15-19(26)28-10-29-20(15)32/h6-7,10-11,16-18,22H,4,8H2,1-2H3,(H,27,33)(H2,26,28,29)/t16-,17+,18-,22?/m1/s1. The van der Waals surface area contributed by atoms with Crippen molar-refractivity contribution in [2.45, 2.75) is 50.6 Å². The van der Waals surface area contributed by atoms with E-state index in [4.69, 9.17) is 25.2 Å². The first-order valence-electron chi connectivity index (χ1n) is 11.0. The van der Waals surface area contributed by atoms with Crippen molar-refractivity contribution in [2.75, 3.05) is 12.3 Å². The van der Waals surface area contributed by atoms with E-state index in [9.17, 15) is 9.18 Å². The van der Waals surface area contributed by atoms with Crippen LogP contribution in [0, 0.1) is 29.0 Å². The van der Waals surface area contributed by atoms with Crippen molar-refractivity contribution in [3.63, 3.8) is 0 Å². The van der Waals surface area contributed by atoms with Crippen LogP contribution in [0.3, 0.4) is 0 Å². The van der Waals surface area contributed by atoms with Crippen LogP contribution >= 0.6 is 0 Å². The Kier molecular flexibility index (Phi) is 5.97. The molecule has 13 heteroatoms. The van der Waals surface area contributed by atoms with Crippen molar-refractivity contribution in [2.24, 2.45) is 0 Å². The van der Waals surface area contributed by atoms with Gasteiger partial charge >= 0.3 is 0 Å². The number of nitrogens with one attached hydrogen (secondary N) is 1. The summed E-state index contributed by atoms with van der Waals surface area (Å²) in [5, 5.41) is 11.7. The fourth-order valence-corrected chi connectivity index (χ4v) is 4.16. The van der Waals surface area contributed by atoms with Crippen LogP contribution in [-0.4, -0.2) is 61.1 Å². The minimum Gasteiger partial charge on any atom is -0.382 e. The molecule has 0 aliphatic carbocycles. The zero-order valence-corrected chi connectivity index (χ0v) is 19.3. The number of carbonyl (C=O) groups is 1. The second-order valence-corrected chi connectivity index (χ2v) is 8.58. The minimum atomic E-state index is -0.955. The van der Waals surface area contributed by atoms with E-state index in [-0.39, 0.29) is 29.7 Å². The highest BCUT2D eigenvalue weighted by molar-refractivity contribution is 5.83. The average molecular weight is 492 g/mol. The van der Waals surface area contributed by atoms with Gasteiger partial charge in [-0.05, 0) is 31.9 Å². The second kappa shape index (κ2) is 9.13. The summed E-state index contributed by atoms with van der Waals surface area (Å²) >= 11 is 0. The molecule has 5 rings (SSSR count). The quantitative estimate of drug-likeness (QED) is 0.393. The van der Waals surface area contributed by atoms with Crippen LogP contribution in [-0.2, 0) is 19.0 Å². The van der Waals surface area contributed by atoms with Gasteiger partial charge in [0, 0.05) is 13.0 Å². The third kappa shape index (κ3) is 4.31. The summed E-state index contributed by atoms with van der Waals surface area (Å²) in [6, 6.07) is 4.18. The van der Waals surface area contributed by atoms with Crippen LogP contribution in [0.25, 0.3) is 11.2 Å². The van der Waals surface area contributed by atoms with Crippen molar-refractivity contribution in [1.82, 2.24) is 29.8 Å². The van der Waals surface area contributed by atoms with Crippen molar-refractivity contribution in [3.8, 4) is 17.9 Å². The lowest BCUT2D eigenvalue weighted by Crippen LogP contribution is -2.43. The minimum absolute atomic E-state index is 0.224. The van der Waals surface area contributed by atoms with E-state index >= 15 is 0 Å². The van der Waals surface area contributed by atoms with E-state index < -0.39 is 36.1 Å². The van der Waals surface area contributed by atoms with Crippen molar-refractivity contribution >= 4 is 22.9 Å². The molecule has 3 aromatic rings. The molecule has 2 aliphatic heterocycles. The molecule has 2 saturated heterocycles. The lowest BCUT2D eigenvalue weighted by Gasteiger charge is -2.24. The molecule has 1 amide bonds. The smallest absolute Gasteiger partial charge is 0.252 e. The van der Waals surface area contributed by atoms with Gasteiger partial charge in [-0.1, -0.05) is 5.92 Å². The number of pyridine rings is 1. The first-order chi connectivity index (χ1) is 17.3. The summed E-state index contributed by atoms with van der Waals surface area (Å²) in [7, 11) is 0. The van der Waals surface area contributed by atoms with Gasteiger partial charge in [-0.25, -0.2) is 24.3 Å². The van der Waals surface area contributed by atoms with Crippen molar-refractivity contribution < 1.29 is 23.4 Å². The Morgan fingerprint density at radius 1 is 1.28 bits per heavy atom. The molecule has 0 saturated carbocycles. The summed E-state index contributed by atoms with van der Waals surface area (Å²) in [5.41, 5.74) is 6.71. The molecule has 184 valence electrons. The summed E-state index contributed by atoms with van der Waals surface area (Å²) in [6.07, 6.45) is 0.189. The van der Waals surface area contributed by atoms with Crippen LogP contribution in [0.1, 0.15) is 37.9 Å². The molecule has 4 atom stereocenters. The van der Waals surface area contributed by atoms with E-state index in [1.54, 1.807) is 24.5 Å². The number of hydrogen-bond acceptors (Lipinski definition) is 10. The maximum atomic E-state index is 13.4. The highest BCUT2D eigenvalue weighted by atomic mass is 19.1. The summed E-state index contributed by atoms with van der Waals surface area (Å²) < 4.78 is 33.2. The molecule has 3 N–H and O–H groups in total. The van der Waals surface area contributed by atoms with Crippen LogP contribution in [0.15, 0.2) is 24.8 Å². The number of nitrogen functional groups attached to an aromatic ring is 1. The maximum Gasteiger partial charge on any atom is 0.252 e. The SMILES string of the molecule is CC1(C)O[C@@H]2[C@@H](C(=O)NCCC#Cc3ccc(F)c(C#N)n3)OC(n3cnc4c(N)ncnc43)[C@@H]2O1. The molecule has 12 nitrogen and oxygen atoms in total. The Bertz CT molecular complexity index is 1440. The molecule has 36 heavy (non-hydrogen) atoms. The molecule has 5 heterocycles. The van der Waals surface area contributed by atoms with Crippen molar-refractivity contribution in [3.05, 3.63) is 42.0 Å². The van der Waals surface area contributed by atoms with E-state index in [0.29, 0.717) is 17.6 Å². The van der Waals surface area contributed by atoms with Gasteiger partial charge in [-0.3, -0.25) is 9.36 Å². The number of aromatic nitrogens is 5. The van der Waals surface area contributed by atoms with Gasteiger partial charge in [0.1, 0.15) is 35.8 Å². The number of ether oxygens (including phenoxy) is 3. The molecular formula is C23H21FN8O4. The summed E-state index contributed by atoms with van der Waals surface area (Å²) in [5.74, 6) is 3.80. The van der Waals surface area contributed by atoms with Gasteiger partial charge in [0.05, 0.1) is 6.33 Å². The number of imidazole rings is 1. The highest BCUT2D eigenvalue weighted by Crippen LogP contribution is 2.43. The lowest BCUT2D eigenvalue weighted by molar-refractivity contribution is -0.197. The van der Waals surface area contributed by atoms with E-state index in [1.807, 2.05) is 0 Å². The topological polar surface area (TPSA) is 163 Å². The molecule has 2 aliphatic rings. The van der Waals surface area contributed by atoms with Crippen molar-refractivity contribution in [1.29, 1.82) is 5.26 Å². The Labute approximate surface area is 204 Å².